The molecular formula is C20H22FNO6. The van der Waals surface area contributed by atoms with E-state index in [1.807, 2.05) is 30.3 Å². The molecule has 4 rings (SSSR count). The number of piperidine rings is 1. The Bertz CT molecular complexity index is 794. The van der Waals surface area contributed by atoms with Gasteiger partial charge in [-0.25, -0.2) is 9.18 Å². The van der Waals surface area contributed by atoms with Crippen molar-refractivity contribution in [3.63, 3.8) is 0 Å². The molecule has 1 fully saturated rings. The number of hydrogen-bond donors (Lipinski definition) is 3. The summed E-state index contributed by atoms with van der Waals surface area (Å²) in [4.78, 5) is 8.56. The zero-order valence-corrected chi connectivity index (χ0v) is 15.1. The van der Waals surface area contributed by atoms with E-state index in [1.165, 1.54) is 17.7 Å². The van der Waals surface area contributed by atoms with Crippen LogP contribution in [0.2, 0.25) is 0 Å². The highest BCUT2D eigenvalue weighted by Gasteiger charge is 2.27. The zero-order chi connectivity index (χ0) is 19.9. The lowest BCUT2D eigenvalue weighted by molar-refractivity contribution is 0.137. The second kappa shape index (κ2) is 9.27. The topological polar surface area (TPSA) is 97.2 Å². The molecule has 2 heterocycles. The fourth-order valence-corrected chi connectivity index (χ4v) is 3.42. The van der Waals surface area contributed by atoms with Gasteiger partial charge in [-0.1, -0.05) is 12.1 Å². The number of carbonyl (C=O) groups is 1. The Morgan fingerprint density at radius 1 is 1.14 bits per heavy atom. The monoisotopic (exact) mass is 391 g/mol. The quantitative estimate of drug-likeness (QED) is 0.733. The lowest BCUT2D eigenvalue weighted by atomic mass is 9.81. The Hall–Kier alpha value is -3.00. The van der Waals surface area contributed by atoms with Crippen LogP contribution in [0, 0.1) is 11.7 Å². The van der Waals surface area contributed by atoms with Crippen molar-refractivity contribution in [2.75, 3.05) is 26.5 Å². The molecular weight excluding hydrogens is 369 g/mol. The van der Waals surface area contributed by atoms with Crippen molar-refractivity contribution in [3.05, 3.63) is 53.8 Å². The van der Waals surface area contributed by atoms with Gasteiger partial charge in [0.1, 0.15) is 11.6 Å². The SMILES string of the molecule is Fc1ccc(C2CCNCC2COc2ccc3c(c2)OCO3)cc1.O=C(O)O. The predicted octanol–water partition coefficient (Wildman–Crippen LogP) is 3.55. The molecule has 2 unspecified atom stereocenters. The third kappa shape index (κ3) is 5.26. The van der Waals surface area contributed by atoms with E-state index in [-0.39, 0.29) is 12.6 Å². The molecule has 0 amide bonds. The van der Waals surface area contributed by atoms with Gasteiger partial charge in [-0.15, -0.1) is 0 Å². The van der Waals surface area contributed by atoms with E-state index >= 15 is 0 Å². The van der Waals surface area contributed by atoms with Crippen LogP contribution in [0.25, 0.3) is 0 Å². The first-order chi connectivity index (χ1) is 13.5. The summed E-state index contributed by atoms with van der Waals surface area (Å²) >= 11 is 0. The molecule has 7 nitrogen and oxygen atoms in total. The van der Waals surface area contributed by atoms with Crippen LogP contribution >= 0.6 is 0 Å². The molecule has 0 bridgehead atoms. The maximum Gasteiger partial charge on any atom is 0.503 e. The summed E-state index contributed by atoms with van der Waals surface area (Å²) in [6, 6.07) is 12.5. The third-order valence-electron chi connectivity index (χ3n) is 4.71. The molecule has 2 aromatic rings. The Balaban J connectivity index is 0.000000516. The zero-order valence-electron chi connectivity index (χ0n) is 15.1. The van der Waals surface area contributed by atoms with Gasteiger partial charge in [0, 0.05) is 18.5 Å². The Labute approximate surface area is 161 Å². The summed E-state index contributed by atoms with van der Waals surface area (Å²) in [5.74, 6) is 2.79. The first-order valence-corrected chi connectivity index (χ1v) is 8.93. The molecule has 2 aromatic carbocycles. The number of ether oxygens (including phenoxy) is 3. The number of nitrogens with one attached hydrogen (secondary N) is 1. The largest absolute Gasteiger partial charge is 0.503 e. The summed E-state index contributed by atoms with van der Waals surface area (Å²) < 4.78 is 29.9. The molecule has 3 N–H and O–H groups in total. The fourth-order valence-electron chi connectivity index (χ4n) is 3.42. The van der Waals surface area contributed by atoms with Crippen molar-refractivity contribution in [2.45, 2.75) is 12.3 Å². The first-order valence-electron chi connectivity index (χ1n) is 8.93. The van der Waals surface area contributed by atoms with Crippen molar-refractivity contribution < 1.29 is 33.6 Å². The number of carboxylic acid groups (broad SMARTS) is 2. The molecule has 2 aliphatic heterocycles. The van der Waals surface area contributed by atoms with Gasteiger partial charge in [0.15, 0.2) is 11.5 Å². The van der Waals surface area contributed by atoms with Crippen LogP contribution < -0.4 is 19.5 Å². The Morgan fingerprint density at radius 3 is 2.61 bits per heavy atom. The summed E-state index contributed by atoms with van der Waals surface area (Å²) in [6.45, 7) is 2.74. The second-order valence-corrected chi connectivity index (χ2v) is 6.52. The van der Waals surface area contributed by atoms with E-state index in [0.29, 0.717) is 18.4 Å². The van der Waals surface area contributed by atoms with E-state index in [2.05, 4.69) is 5.32 Å². The summed E-state index contributed by atoms with van der Waals surface area (Å²) in [6.07, 6.45) is -0.805. The van der Waals surface area contributed by atoms with Crippen molar-refractivity contribution >= 4 is 6.16 Å². The number of halogens is 1. The van der Waals surface area contributed by atoms with Crippen LogP contribution in [0.1, 0.15) is 17.9 Å². The molecule has 0 aliphatic carbocycles. The van der Waals surface area contributed by atoms with Gasteiger partial charge in [0.25, 0.3) is 0 Å². The average Bonchev–Trinajstić information content (AvgIpc) is 3.15. The minimum absolute atomic E-state index is 0.194. The van der Waals surface area contributed by atoms with Gasteiger partial charge in [0.2, 0.25) is 6.79 Å². The number of benzene rings is 2. The average molecular weight is 391 g/mol. The van der Waals surface area contributed by atoms with Crippen LogP contribution in [0.5, 0.6) is 17.2 Å². The van der Waals surface area contributed by atoms with Gasteiger partial charge in [-0.2, -0.15) is 0 Å². The van der Waals surface area contributed by atoms with Crippen molar-refractivity contribution in [1.29, 1.82) is 0 Å². The number of hydrogen-bond acceptors (Lipinski definition) is 5. The molecule has 2 aliphatic rings. The minimum atomic E-state index is -1.83. The first kappa shape index (κ1) is 19.8. The van der Waals surface area contributed by atoms with Crippen LogP contribution in [0.15, 0.2) is 42.5 Å². The maximum absolute atomic E-state index is 13.2. The van der Waals surface area contributed by atoms with Crippen LogP contribution in [0.4, 0.5) is 9.18 Å². The standard InChI is InChI=1S/C19H20FNO3.CH2O3/c20-15-3-1-13(2-4-15)17-7-8-21-10-14(17)11-22-16-5-6-18-19(9-16)24-12-23-18;2-1(3)4/h1-6,9,14,17,21H,7-8,10-12H2;(H2,2,3,4). The lowest BCUT2D eigenvalue weighted by Gasteiger charge is -2.32. The predicted molar refractivity (Wildman–Crippen MR) is 98.8 cm³/mol. The maximum atomic E-state index is 13.2. The van der Waals surface area contributed by atoms with Gasteiger partial charge >= 0.3 is 6.16 Å². The number of fused-ring (bicyclic) bond motifs is 1. The molecule has 28 heavy (non-hydrogen) atoms. The summed E-state index contributed by atoms with van der Waals surface area (Å²) in [7, 11) is 0. The fraction of sp³-hybridized carbons (Fsp3) is 0.350. The van der Waals surface area contributed by atoms with Crippen LogP contribution in [-0.2, 0) is 0 Å². The highest BCUT2D eigenvalue weighted by molar-refractivity contribution is 5.53. The van der Waals surface area contributed by atoms with Crippen molar-refractivity contribution in [2.24, 2.45) is 5.92 Å². The lowest BCUT2D eigenvalue weighted by Crippen LogP contribution is -2.38. The Kier molecular flexibility index (Phi) is 6.54. The molecule has 0 aromatic heterocycles. The molecule has 150 valence electrons. The van der Waals surface area contributed by atoms with E-state index in [4.69, 9.17) is 29.2 Å². The highest BCUT2D eigenvalue weighted by Crippen LogP contribution is 2.36. The Morgan fingerprint density at radius 2 is 1.86 bits per heavy atom. The molecule has 8 heteroatoms. The molecule has 1 saturated heterocycles. The normalized spacial score (nSPS) is 20.0. The van der Waals surface area contributed by atoms with Gasteiger partial charge in [-0.05, 0) is 48.7 Å². The molecule has 2 atom stereocenters. The van der Waals surface area contributed by atoms with Crippen molar-refractivity contribution in [3.8, 4) is 17.2 Å². The summed E-state index contributed by atoms with van der Waals surface area (Å²) in [5, 5.41) is 17.4. The van der Waals surface area contributed by atoms with E-state index < -0.39 is 6.16 Å². The van der Waals surface area contributed by atoms with Crippen LogP contribution in [-0.4, -0.2) is 42.9 Å². The van der Waals surface area contributed by atoms with E-state index in [1.54, 1.807) is 0 Å². The van der Waals surface area contributed by atoms with E-state index in [9.17, 15) is 4.39 Å². The third-order valence-corrected chi connectivity index (χ3v) is 4.71. The van der Waals surface area contributed by atoms with E-state index in [0.717, 1.165) is 36.8 Å². The number of rotatable bonds is 4. The summed E-state index contributed by atoms with van der Waals surface area (Å²) in [5.41, 5.74) is 1.18. The van der Waals surface area contributed by atoms with Gasteiger partial charge in [-0.3, -0.25) is 0 Å². The molecule has 0 radical (unpaired) electrons. The molecule has 0 spiro atoms. The van der Waals surface area contributed by atoms with Crippen LogP contribution in [0.3, 0.4) is 0 Å². The second-order valence-electron chi connectivity index (χ2n) is 6.52. The van der Waals surface area contributed by atoms with Crippen molar-refractivity contribution in [1.82, 2.24) is 5.32 Å². The highest BCUT2D eigenvalue weighted by atomic mass is 19.1. The smallest absolute Gasteiger partial charge is 0.493 e. The minimum Gasteiger partial charge on any atom is -0.493 e. The molecule has 0 saturated carbocycles. The van der Waals surface area contributed by atoms with Gasteiger partial charge in [0.05, 0.1) is 6.61 Å². The van der Waals surface area contributed by atoms with Gasteiger partial charge < -0.3 is 29.7 Å².